The topological polar surface area (TPSA) is 73.7 Å². The highest BCUT2D eigenvalue weighted by Gasteiger charge is 2.16. The molecule has 0 spiro atoms. The molecular weight excluding hydrogens is 400 g/mol. The Kier molecular flexibility index (Phi) is 7.27. The van der Waals surface area contributed by atoms with Gasteiger partial charge in [-0.2, -0.15) is 0 Å². The average molecular weight is 433 g/mol. The summed E-state index contributed by atoms with van der Waals surface area (Å²) in [6, 6.07) is 19.0. The Balaban J connectivity index is 1.27. The summed E-state index contributed by atoms with van der Waals surface area (Å²) in [7, 11) is 0. The van der Waals surface area contributed by atoms with Crippen molar-refractivity contribution in [2.45, 2.75) is 26.4 Å². The normalized spacial score (nSPS) is 14.5. The number of nitrogens with zero attached hydrogens (tertiary/aromatic N) is 3. The number of para-hydroxylation sites is 1. The van der Waals surface area contributed by atoms with Crippen LogP contribution in [0.5, 0.6) is 0 Å². The van der Waals surface area contributed by atoms with Crippen LogP contribution in [0, 0.1) is 0 Å². The lowest BCUT2D eigenvalue weighted by Crippen LogP contribution is -2.47. The number of nitrogens with one attached hydrogen (secondary N) is 3. The van der Waals surface area contributed by atoms with Crippen LogP contribution >= 0.6 is 0 Å². The van der Waals surface area contributed by atoms with Gasteiger partial charge in [0.2, 0.25) is 5.91 Å². The van der Waals surface area contributed by atoms with Gasteiger partial charge in [0.15, 0.2) is 5.96 Å². The molecule has 1 amide bonds. The number of fused-ring (bicyclic) bond motifs is 1. The number of carbonyl (C=O) groups excluding carboxylic acids is 1. The second kappa shape index (κ2) is 10.7. The summed E-state index contributed by atoms with van der Waals surface area (Å²) in [6.45, 7) is 7.30. The quantitative estimate of drug-likeness (QED) is 0.291. The summed E-state index contributed by atoms with van der Waals surface area (Å²) < 4.78 is 2.30. The van der Waals surface area contributed by atoms with Gasteiger partial charge in [-0.05, 0) is 48.6 Å². The van der Waals surface area contributed by atoms with Crippen molar-refractivity contribution in [3.63, 3.8) is 0 Å². The molecule has 1 aliphatic heterocycles. The van der Waals surface area contributed by atoms with Gasteiger partial charge >= 0.3 is 0 Å². The van der Waals surface area contributed by atoms with Crippen LogP contribution in [-0.2, 0) is 17.9 Å². The fraction of sp³-hybridized carbons (Fsp3) is 0.360. The smallest absolute Gasteiger partial charge is 0.239 e. The number of aryl methyl sites for hydroxylation is 1. The van der Waals surface area contributed by atoms with Crippen molar-refractivity contribution in [1.82, 2.24) is 20.5 Å². The number of guanidine groups is 1. The minimum Gasteiger partial charge on any atom is -0.360 e. The van der Waals surface area contributed by atoms with Gasteiger partial charge in [-0.15, -0.1) is 0 Å². The minimum atomic E-state index is 0.0799. The molecule has 4 rings (SSSR count). The molecule has 3 aromatic rings. The van der Waals surface area contributed by atoms with E-state index in [2.05, 4.69) is 93.1 Å². The molecule has 0 bridgehead atoms. The first-order chi connectivity index (χ1) is 15.7. The van der Waals surface area contributed by atoms with E-state index in [0.29, 0.717) is 19.6 Å². The summed E-state index contributed by atoms with van der Waals surface area (Å²) in [6.07, 6.45) is 3.17. The van der Waals surface area contributed by atoms with Crippen LogP contribution in [0.4, 0.5) is 5.69 Å². The fourth-order valence-corrected chi connectivity index (χ4v) is 3.98. The predicted octanol–water partition coefficient (Wildman–Crippen LogP) is 2.72. The zero-order valence-corrected chi connectivity index (χ0v) is 18.7. The Labute approximate surface area is 189 Å². The van der Waals surface area contributed by atoms with E-state index in [1.807, 2.05) is 0 Å². The van der Waals surface area contributed by atoms with E-state index in [9.17, 15) is 4.79 Å². The van der Waals surface area contributed by atoms with E-state index in [-0.39, 0.29) is 5.91 Å². The molecule has 0 unspecified atom stereocenters. The largest absolute Gasteiger partial charge is 0.360 e. The third-order valence-electron chi connectivity index (χ3n) is 5.65. The molecule has 168 valence electrons. The molecule has 0 saturated carbocycles. The molecule has 0 aliphatic carbocycles. The Bertz CT molecular complexity index is 1060. The van der Waals surface area contributed by atoms with Crippen molar-refractivity contribution in [2.24, 2.45) is 4.99 Å². The number of rotatable bonds is 8. The van der Waals surface area contributed by atoms with Gasteiger partial charge < -0.3 is 25.4 Å². The first-order valence-corrected chi connectivity index (χ1v) is 11.4. The monoisotopic (exact) mass is 432 g/mol. The van der Waals surface area contributed by atoms with E-state index in [1.54, 1.807) is 0 Å². The summed E-state index contributed by atoms with van der Waals surface area (Å²) in [5.41, 5.74) is 3.50. The molecular formula is C25H32N6O. The van der Waals surface area contributed by atoms with Crippen molar-refractivity contribution < 1.29 is 4.79 Å². The molecule has 3 N–H and O–H groups in total. The molecule has 32 heavy (non-hydrogen) atoms. The lowest BCUT2D eigenvalue weighted by molar-refractivity contribution is -0.120. The lowest BCUT2D eigenvalue weighted by Gasteiger charge is -2.28. The lowest BCUT2D eigenvalue weighted by atomic mass is 10.2. The van der Waals surface area contributed by atoms with Crippen LogP contribution in [0.15, 0.2) is 65.8 Å². The number of aromatic nitrogens is 1. The van der Waals surface area contributed by atoms with Crippen LogP contribution in [0.1, 0.15) is 18.9 Å². The first kappa shape index (κ1) is 21.7. The summed E-state index contributed by atoms with van der Waals surface area (Å²) in [5.74, 6) is 0.915. The number of aliphatic imine (C=N–C) groups is 1. The first-order valence-electron chi connectivity index (χ1n) is 11.4. The van der Waals surface area contributed by atoms with E-state index < -0.39 is 0 Å². The number of piperazine rings is 1. The average Bonchev–Trinajstić information content (AvgIpc) is 3.23. The maximum absolute atomic E-state index is 11.6. The Hall–Kier alpha value is -3.48. The van der Waals surface area contributed by atoms with Crippen molar-refractivity contribution in [1.29, 1.82) is 0 Å². The SMILES string of the molecule is CCNC(=NCc1ccc(N2CCNC(=O)C2)cc1)NCCCn1ccc2ccccc21. The van der Waals surface area contributed by atoms with Gasteiger partial charge in [-0.25, -0.2) is 4.99 Å². The Morgan fingerprint density at radius 1 is 1.09 bits per heavy atom. The number of carbonyl (C=O) groups is 1. The maximum atomic E-state index is 11.6. The number of hydrogen-bond acceptors (Lipinski definition) is 3. The van der Waals surface area contributed by atoms with E-state index >= 15 is 0 Å². The number of anilines is 1. The van der Waals surface area contributed by atoms with Gasteiger partial charge in [-0.1, -0.05) is 30.3 Å². The van der Waals surface area contributed by atoms with Crippen LogP contribution < -0.4 is 20.9 Å². The molecule has 1 fully saturated rings. The van der Waals surface area contributed by atoms with Crippen molar-refractivity contribution >= 4 is 28.5 Å². The third-order valence-corrected chi connectivity index (χ3v) is 5.65. The summed E-state index contributed by atoms with van der Waals surface area (Å²) >= 11 is 0. The molecule has 1 aliphatic rings. The van der Waals surface area contributed by atoms with Gasteiger partial charge in [-0.3, -0.25) is 4.79 Å². The zero-order chi connectivity index (χ0) is 22.2. The number of benzene rings is 2. The van der Waals surface area contributed by atoms with Gasteiger partial charge in [0, 0.05) is 50.1 Å². The maximum Gasteiger partial charge on any atom is 0.239 e. The van der Waals surface area contributed by atoms with Crippen LogP contribution in [-0.4, -0.2) is 49.2 Å². The number of amides is 1. The minimum absolute atomic E-state index is 0.0799. The molecule has 0 radical (unpaired) electrons. The van der Waals surface area contributed by atoms with Crippen molar-refractivity contribution in [3.8, 4) is 0 Å². The van der Waals surface area contributed by atoms with Gasteiger partial charge in [0.1, 0.15) is 0 Å². The molecule has 0 atom stereocenters. The van der Waals surface area contributed by atoms with Gasteiger partial charge in [0.25, 0.3) is 0 Å². The molecule has 1 aromatic heterocycles. The van der Waals surface area contributed by atoms with E-state index in [4.69, 9.17) is 4.99 Å². The second-order valence-corrected chi connectivity index (χ2v) is 7.98. The third kappa shape index (κ3) is 5.60. The Morgan fingerprint density at radius 2 is 1.94 bits per heavy atom. The molecule has 2 aromatic carbocycles. The molecule has 1 saturated heterocycles. The van der Waals surface area contributed by atoms with E-state index in [1.165, 1.54) is 10.9 Å². The van der Waals surface area contributed by atoms with Crippen LogP contribution in [0.2, 0.25) is 0 Å². The zero-order valence-electron chi connectivity index (χ0n) is 18.7. The predicted molar refractivity (Wildman–Crippen MR) is 131 cm³/mol. The fourth-order valence-electron chi connectivity index (χ4n) is 3.98. The summed E-state index contributed by atoms with van der Waals surface area (Å²) in [5, 5.41) is 10.9. The molecule has 7 heteroatoms. The second-order valence-electron chi connectivity index (χ2n) is 7.98. The highest BCUT2D eigenvalue weighted by atomic mass is 16.2. The van der Waals surface area contributed by atoms with Gasteiger partial charge in [0.05, 0.1) is 13.1 Å². The highest BCUT2D eigenvalue weighted by molar-refractivity contribution is 5.82. The summed E-state index contributed by atoms with van der Waals surface area (Å²) in [4.78, 5) is 18.4. The number of hydrogen-bond donors (Lipinski definition) is 3. The van der Waals surface area contributed by atoms with Crippen LogP contribution in [0.3, 0.4) is 0 Å². The molecule has 7 nitrogen and oxygen atoms in total. The van der Waals surface area contributed by atoms with Crippen molar-refractivity contribution in [3.05, 3.63) is 66.4 Å². The van der Waals surface area contributed by atoms with E-state index in [0.717, 1.165) is 49.8 Å². The Morgan fingerprint density at radius 3 is 2.75 bits per heavy atom. The molecule has 2 heterocycles. The highest BCUT2D eigenvalue weighted by Crippen LogP contribution is 2.17. The standard InChI is InChI=1S/C25H32N6O/c1-2-26-25(28-13-5-15-30-16-12-21-6-3-4-7-23(21)30)29-18-20-8-10-22(11-9-20)31-17-14-27-24(32)19-31/h3-4,6-12,16H,2,5,13-15,17-19H2,1H3,(H,27,32)(H2,26,28,29). The van der Waals surface area contributed by atoms with Crippen LogP contribution in [0.25, 0.3) is 10.9 Å². The van der Waals surface area contributed by atoms with Crippen molar-refractivity contribution in [2.75, 3.05) is 37.6 Å².